The number of hydrogen-bond acceptors (Lipinski definition) is 4. The summed E-state index contributed by atoms with van der Waals surface area (Å²) < 4.78 is 6.51. The Morgan fingerprint density at radius 1 is 0.933 bits per heavy atom. The summed E-state index contributed by atoms with van der Waals surface area (Å²) in [7, 11) is 8.20. The molecule has 3 N–H and O–H groups in total. The maximum Gasteiger partial charge on any atom is 0.220 e. The molecule has 1 saturated heterocycles. The maximum absolute atomic E-state index is 11.5. The molecule has 1 amide bonds. The van der Waals surface area contributed by atoms with Gasteiger partial charge in [0.1, 0.15) is 6.54 Å². The van der Waals surface area contributed by atoms with Gasteiger partial charge in [0.15, 0.2) is 0 Å². The Morgan fingerprint density at radius 3 is 2.33 bits per heavy atom. The molecule has 0 spiro atoms. The van der Waals surface area contributed by atoms with Crippen LogP contribution in [0, 0.1) is 0 Å². The number of carbonyl (C=O) groups excluding carboxylic acids is 1. The Hall–Kier alpha value is -3.88. The Morgan fingerprint density at radius 2 is 1.64 bits per heavy atom. The highest BCUT2D eigenvalue weighted by Crippen LogP contribution is 2.43. The van der Waals surface area contributed by atoms with Crippen LogP contribution in [0.1, 0.15) is 24.0 Å². The van der Waals surface area contributed by atoms with Gasteiger partial charge in [0, 0.05) is 76.0 Å². The molecule has 1 unspecified atom stereocenters. The van der Waals surface area contributed by atoms with Crippen LogP contribution >= 0.6 is 23.2 Å². The van der Waals surface area contributed by atoms with Crippen molar-refractivity contribution in [3.05, 3.63) is 94.1 Å². The van der Waals surface area contributed by atoms with Crippen molar-refractivity contribution in [3.8, 4) is 39.4 Å². The van der Waals surface area contributed by atoms with Gasteiger partial charge in [-0.2, -0.15) is 0 Å². The lowest BCUT2D eigenvalue weighted by molar-refractivity contribution is -0.883. The van der Waals surface area contributed by atoms with Crippen molar-refractivity contribution >= 4 is 40.0 Å². The molecule has 1 atom stereocenters. The van der Waals surface area contributed by atoms with Crippen LogP contribution in [0.4, 0.5) is 0 Å². The smallest absolute Gasteiger partial charge is 0.220 e. The van der Waals surface area contributed by atoms with Crippen molar-refractivity contribution in [3.63, 3.8) is 0 Å². The number of pyridine rings is 1. The van der Waals surface area contributed by atoms with Crippen LogP contribution in [0.25, 0.3) is 44.4 Å². The third-order valence-corrected chi connectivity index (χ3v) is 9.02. The number of nitrogens with one attached hydrogen (secondary N) is 3. The minimum atomic E-state index is 0.111. The largest absolute Gasteiger partial charge is 0.481 e. The standard InChI is InChI=1S/C36H37Cl2N5O2/c1-43(2,3)21-24-19-40-32-17-22(11-14-26(24)32)27-7-5-8-28(34(27)37)29-9-6-10-30(35(29)38)31-15-12-23(36(42-31)45-4)18-39-20-25-13-16-33(44)41-25/h5-12,14-15,17,19,25,39-40H,13,16,18,20-21H2,1-4H3/p+1. The molecule has 3 aromatic carbocycles. The highest BCUT2D eigenvalue weighted by Gasteiger charge is 2.21. The van der Waals surface area contributed by atoms with E-state index in [0.29, 0.717) is 41.1 Å². The molecule has 6 rings (SSSR count). The number of aromatic amines is 1. The first-order chi connectivity index (χ1) is 21.6. The Bertz CT molecular complexity index is 1880. The number of aromatic nitrogens is 2. The second kappa shape index (κ2) is 12.9. The van der Waals surface area contributed by atoms with E-state index in [1.807, 2.05) is 48.5 Å². The van der Waals surface area contributed by atoms with Crippen molar-refractivity contribution in [2.45, 2.75) is 32.0 Å². The fraction of sp³-hybridized carbons (Fsp3) is 0.278. The van der Waals surface area contributed by atoms with Gasteiger partial charge in [-0.05, 0) is 24.1 Å². The number of benzene rings is 3. The lowest BCUT2D eigenvalue weighted by atomic mass is 9.96. The molecule has 3 heterocycles. The van der Waals surface area contributed by atoms with Crippen LogP contribution in [0.5, 0.6) is 5.88 Å². The Kier molecular flexibility index (Phi) is 8.89. The fourth-order valence-corrected chi connectivity index (χ4v) is 6.70. The van der Waals surface area contributed by atoms with Crippen molar-refractivity contribution in [1.82, 2.24) is 20.6 Å². The molecule has 45 heavy (non-hydrogen) atoms. The number of hydrogen-bond donors (Lipinski definition) is 3. The number of carbonyl (C=O) groups is 1. The third kappa shape index (κ3) is 6.72. The Balaban J connectivity index is 1.27. The molecule has 1 aliphatic heterocycles. The third-order valence-electron chi connectivity index (χ3n) is 8.21. The van der Waals surface area contributed by atoms with Crippen molar-refractivity contribution < 1.29 is 14.0 Å². The number of nitrogens with zero attached hydrogens (tertiary/aromatic N) is 2. The zero-order chi connectivity index (χ0) is 31.7. The molecule has 7 nitrogen and oxygen atoms in total. The summed E-state index contributed by atoms with van der Waals surface area (Å²) in [5.41, 5.74) is 8.46. The molecule has 0 radical (unpaired) electrons. The lowest BCUT2D eigenvalue weighted by Gasteiger charge is -2.23. The summed E-state index contributed by atoms with van der Waals surface area (Å²) in [6.07, 6.45) is 3.54. The van der Waals surface area contributed by atoms with Crippen LogP contribution in [-0.2, 0) is 17.9 Å². The van der Waals surface area contributed by atoms with E-state index in [9.17, 15) is 4.79 Å². The first kappa shape index (κ1) is 31.1. The number of fused-ring (bicyclic) bond motifs is 1. The topological polar surface area (TPSA) is 79.0 Å². The molecule has 0 bridgehead atoms. The second-order valence-electron chi connectivity index (χ2n) is 12.7. The summed E-state index contributed by atoms with van der Waals surface area (Å²) in [4.78, 5) is 19.7. The number of rotatable bonds is 10. The normalized spacial score (nSPS) is 15.1. The van der Waals surface area contributed by atoms with Gasteiger partial charge in [0.25, 0.3) is 0 Å². The minimum Gasteiger partial charge on any atom is -0.481 e. The van der Waals surface area contributed by atoms with E-state index in [2.05, 4.69) is 61.2 Å². The monoisotopic (exact) mass is 642 g/mol. The summed E-state index contributed by atoms with van der Waals surface area (Å²) in [5, 5.41) is 8.82. The predicted molar refractivity (Wildman–Crippen MR) is 184 cm³/mol. The zero-order valence-corrected chi connectivity index (χ0v) is 27.5. The predicted octanol–water partition coefficient (Wildman–Crippen LogP) is 7.45. The number of quaternary nitrogens is 1. The van der Waals surface area contributed by atoms with Crippen molar-refractivity contribution in [2.75, 3.05) is 34.8 Å². The molecule has 232 valence electrons. The maximum atomic E-state index is 11.5. The van der Waals surface area contributed by atoms with E-state index in [1.54, 1.807) is 7.11 Å². The minimum absolute atomic E-state index is 0.111. The fourth-order valence-electron chi connectivity index (χ4n) is 6.04. The summed E-state index contributed by atoms with van der Waals surface area (Å²) in [6, 6.07) is 22.6. The summed E-state index contributed by atoms with van der Waals surface area (Å²) in [6.45, 7) is 2.21. The van der Waals surface area contributed by atoms with Gasteiger partial charge in [0.2, 0.25) is 11.8 Å². The average molecular weight is 644 g/mol. The van der Waals surface area contributed by atoms with Gasteiger partial charge in [-0.25, -0.2) is 4.98 Å². The van der Waals surface area contributed by atoms with E-state index in [0.717, 1.165) is 56.3 Å². The number of amides is 1. The van der Waals surface area contributed by atoms with Crippen LogP contribution in [0.3, 0.4) is 0 Å². The first-order valence-electron chi connectivity index (χ1n) is 15.1. The first-order valence-corrected chi connectivity index (χ1v) is 15.9. The lowest BCUT2D eigenvalue weighted by Crippen LogP contribution is -2.35. The average Bonchev–Trinajstić information content (AvgIpc) is 3.61. The molecule has 5 aromatic rings. The van der Waals surface area contributed by atoms with Crippen LogP contribution in [0.2, 0.25) is 10.0 Å². The van der Waals surface area contributed by atoms with Gasteiger partial charge < -0.3 is 24.8 Å². The van der Waals surface area contributed by atoms with Gasteiger partial charge in [-0.1, -0.05) is 77.8 Å². The van der Waals surface area contributed by atoms with Gasteiger partial charge in [-0.15, -0.1) is 0 Å². The molecule has 0 aliphatic carbocycles. The van der Waals surface area contributed by atoms with E-state index in [4.69, 9.17) is 32.9 Å². The van der Waals surface area contributed by atoms with E-state index >= 15 is 0 Å². The van der Waals surface area contributed by atoms with E-state index in [1.165, 1.54) is 10.9 Å². The number of ether oxygens (including phenoxy) is 1. The van der Waals surface area contributed by atoms with Crippen LogP contribution in [0.15, 0.2) is 72.9 Å². The van der Waals surface area contributed by atoms with Gasteiger partial charge in [-0.3, -0.25) is 4.79 Å². The molecule has 1 aliphatic rings. The highest BCUT2D eigenvalue weighted by molar-refractivity contribution is 6.39. The number of methoxy groups -OCH3 is 1. The second-order valence-corrected chi connectivity index (χ2v) is 13.4. The zero-order valence-electron chi connectivity index (χ0n) is 26.0. The van der Waals surface area contributed by atoms with Gasteiger partial charge >= 0.3 is 0 Å². The number of halogens is 2. The van der Waals surface area contributed by atoms with E-state index < -0.39 is 0 Å². The van der Waals surface area contributed by atoms with Crippen LogP contribution in [-0.4, -0.2) is 61.2 Å². The highest BCUT2D eigenvalue weighted by atomic mass is 35.5. The molecule has 2 aromatic heterocycles. The molecule has 9 heteroatoms. The number of H-pyrrole nitrogens is 1. The molecular formula is C36H38Cl2N5O2+. The molecule has 1 fully saturated rings. The quantitative estimate of drug-likeness (QED) is 0.138. The van der Waals surface area contributed by atoms with E-state index in [-0.39, 0.29) is 11.9 Å². The molecular weight excluding hydrogens is 605 g/mol. The molecule has 0 saturated carbocycles. The SMILES string of the molecule is COc1nc(-c2cccc(-c3cccc(-c4ccc5c(C[N+](C)(C)C)c[nH]c5c4)c3Cl)c2Cl)ccc1CNCC1CCC(=O)N1. The summed E-state index contributed by atoms with van der Waals surface area (Å²) in [5.74, 6) is 0.640. The summed E-state index contributed by atoms with van der Waals surface area (Å²) >= 11 is 14.2. The van der Waals surface area contributed by atoms with Crippen molar-refractivity contribution in [1.29, 1.82) is 0 Å². The Labute approximate surface area is 274 Å². The van der Waals surface area contributed by atoms with Gasteiger partial charge in [0.05, 0.1) is 44.0 Å². The van der Waals surface area contributed by atoms with Crippen LogP contribution < -0.4 is 15.4 Å². The van der Waals surface area contributed by atoms with Crippen molar-refractivity contribution in [2.24, 2.45) is 0 Å².